The zero-order valence-electron chi connectivity index (χ0n) is 12.0. The summed E-state index contributed by atoms with van der Waals surface area (Å²) in [5, 5.41) is 8.63. The first-order valence-electron chi connectivity index (χ1n) is 7.18. The molecule has 106 valence electrons. The van der Waals surface area contributed by atoms with Gasteiger partial charge < -0.3 is 5.32 Å². The lowest BCUT2D eigenvalue weighted by Gasteiger charge is -2.27. The highest BCUT2D eigenvalue weighted by molar-refractivity contribution is 7.10. The third kappa shape index (κ3) is 3.80. The van der Waals surface area contributed by atoms with E-state index in [4.69, 9.17) is 0 Å². The molecule has 1 heterocycles. The van der Waals surface area contributed by atoms with Crippen LogP contribution in [0, 0.1) is 5.92 Å². The number of carbonyl (C=O) groups excluding carboxylic acids is 1. The Morgan fingerprint density at radius 2 is 2.26 bits per heavy atom. The van der Waals surface area contributed by atoms with Gasteiger partial charge in [-0.15, -0.1) is 11.3 Å². The van der Waals surface area contributed by atoms with E-state index in [0.717, 1.165) is 13.0 Å². The van der Waals surface area contributed by atoms with Gasteiger partial charge in [-0.05, 0) is 49.1 Å². The molecule has 2 atom stereocenters. The maximum atomic E-state index is 12.0. The molecule has 0 radical (unpaired) electrons. The van der Waals surface area contributed by atoms with Crippen LogP contribution in [0.5, 0.6) is 0 Å². The lowest BCUT2D eigenvalue weighted by Crippen LogP contribution is -2.45. The lowest BCUT2D eigenvalue weighted by molar-refractivity contribution is -0.123. The number of rotatable bonds is 5. The number of aryl methyl sites for hydroxylation is 1. The monoisotopic (exact) mass is 280 g/mol. The summed E-state index contributed by atoms with van der Waals surface area (Å²) in [5.41, 5.74) is 1.40. The predicted octanol–water partition coefficient (Wildman–Crippen LogP) is 2.88. The van der Waals surface area contributed by atoms with Crippen LogP contribution in [-0.4, -0.2) is 18.5 Å². The minimum absolute atomic E-state index is 0.107. The fraction of sp³-hybridized carbons (Fsp3) is 0.667. The molecule has 1 amide bonds. The molecule has 1 aromatic rings. The average molecular weight is 280 g/mol. The maximum Gasteiger partial charge on any atom is 0.236 e. The molecule has 0 fully saturated rings. The Balaban J connectivity index is 1.90. The van der Waals surface area contributed by atoms with Crippen molar-refractivity contribution in [1.29, 1.82) is 0 Å². The number of carbonyl (C=O) groups is 1. The van der Waals surface area contributed by atoms with Gasteiger partial charge in [-0.25, -0.2) is 0 Å². The molecule has 2 rings (SSSR count). The first kappa shape index (κ1) is 14.5. The fourth-order valence-corrected chi connectivity index (χ4v) is 3.48. The van der Waals surface area contributed by atoms with Crippen molar-refractivity contribution >= 4 is 17.2 Å². The predicted molar refractivity (Wildman–Crippen MR) is 80.4 cm³/mol. The Bertz CT molecular complexity index is 428. The van der Waals surface area contributed by atoms with E-state index in [2.05, 4.69) is 35.9 Å². The Morgan fingerprint density at radius 1 is 1.47 bits per heavy atom. The van der Waals surface area contributed by atoms with Crippen molar-refractivity contribution in [2.75, 3.05) is 6.54 Å². The van der Waals surface area contributed by atoms with E-state index < -0.39 is 0 Å². The van der Waals surface area contributed by atoms with Gasteiger partial charge in [0.05, 0.1) is 6.04 Å². The third-order valence-electron chi connectivity index (χ3n) is 3.58. The largest absolute Gasteiger partial charge is 0.354 e. The highest BCUT2D eigenvalue weighted by Crippen LogP contribution is 2.33. The van der Waals surface area contributed by atoms with E-state index in [9.17, 15) is 4.79 Å². The van der Waals surface area contributed by atoms with Crippen LogP contribution < -0.4 is 10.6 Å². The molecule has 1 aliphatic carbocycles. The van der Waals surface area contributed by atoms with Crippen molar-refractivity contribution < 1.29 is 4.79 Å². The molecule has 2 unspecified atom stereocenters. The zero-order chi connectivity index (χ0) is 13.8. The van der Waals surface area contributed by atoms with E-state index in [1.165, 1.54) is 23.3 Å². The van der Waals surface area contributed by atoms with Crippen LogP contribution in [0.25, 0.3) is 0 Å². The molecule has 4 heteroatoms. The van der Waals surface area contributed by atoms with Crippen molar-refractivity contribution in [3.8, 4) is 0 Å². The Kier molecular flexibility index (Phi) is 4.99. The van der Waals surface area contributed by atoms with Gasteiger partial charge in [0.2, 0.25) is 5.91 Å². The topological polar surface area (TPSA) is 41.1 Å². The van der Waals surface area contributed by atoms with Crippen molar-refractivity contribution in [2.45, 2.75) is 52.1 Å². The molecule has 0 aliphatic heterocycles. The number of hydrogen-bond donors (Lipinski definition) is 2. The average Bonchev–Trinajstić information content (AvgIpc) is 2.85. The molecule has 1 aromatic heterocycles. The van der Waals surface area contributed by atoms with E-state index in [0.29, 0.717) is 12.0 Å². The number of thiophene rings is 1. The van der Waals surface area contributed by atoms with Crippen molar-refractivity contribution in [3.05, 3.63) is 21.9 Å². The summed E-state index contributed by atoms with van der Waals surface area (Å²) in [7, 11) is 0. The van der Waals surface area contributed by atoms with E-state index in [-0.39, 0.29) is 11.9 Å². The Labute approximate surface area is 119 Å². The quantitative estimate of drug-likeness (QED) is 0.871. The smallest absolute Gasteiger partial charge is 0.236 e. The maximum absolute atomic E-state index is 12.0. The SMILES string of the molecule is CC(C)CNC(=O)C(C)NC1CCCc2sccc21. The zero-order valence-corrected chi connectivity index (χ0v) is 12.8. The summed E-state index contributed by atoms with van der Waals surface area (Å²) < 4.78 is 0. The molecule has 0 saturated heterocycles. The fourth-order valence-electron chi connectivity index (χ4n) is 2.49. The standard InChI is InChI=1S/C15H24N2OS/c1-10(2)9-16-15(18)11(3)17-13-5-4-6-14-12(13)7-8-19-14/h7-8,10-11,13,17H,4-6,9H2,1-3H3,(H,16,18). The van der Waals surface area contributed by atoms with Gasteiger partial charge in [0.25, 0.3) is 0 Å². The van der Waals surface area contributed by atoms with Crippen LogP contribution in [0.1, 0.15) is 50.1 Å². The minimum Gasteiger partial charge on any atom is -0.354 e. The minimum atomic E-state index is -0.130. The normalized spacial score (nSPS) is 20.1. The number of amides is 1. The van der Waals surface area contributed by atoms with E-state index in [1.54, 1.807) is 0 Å². The Morgan fingerprint density at radius 3 is 3.00 bits per heavy atom. The summed E-state index contributed by atoms with van der Waals surface area (Å²) >= 11 is 1.84. The lowest BCUT2D eigenvalue weighted by atomic mass is 9.93. The van der Waals surface area contributed by atoms with E-state index in [1.807, 2.05) is 18.3 Å². The molecule has 0 aromatic carbocycles. The van der Waals surface area contributed by atoms with Crippen LogP contribution in [0.15, 0.2) is 11.4 Å². The first-order chi connectivity index (χ1) is 9.08. The van der Waals surface area contributed by atoms with Crippen LogP contribution in [-0.2, 0) is 11.2 Å². The van der Waals surface area contributed by atoms with Gasteiger partial charge >= 0.3 is 0 Å². The van der Waals surface area contributed by atoms with Crippen LogP contribution >= 0.6 is 11.3 Å². The summed E-state index contributed by atoms with van der Waals surface area (Å²) in [4.78, 5) is 13.5. The summed E-state index contributed by atoms with van der Waals surface area (Å²) in [6, 6.07) is 2.42. The molecule has 3 nitrogen and oxygen atoms in total. The van der Waals surface area contributed by atoms with Crippen molar-refractivity contribution in [3.63, 3.8) is 0 Å². The van der Waals surface area contributed by atoms with Crippen molar-refractivity contribution in [1.82, 2.24) is 10.6 Å². The molecule has 19 heavy (non-hydrogen) atoms. The third-order valence-corrected chi connectivity index (χ3v) is 4.58. The number of hydrogen-bond acceptors (Lipinski definition) is 3. The van der Waals surface area contributed by atoms with Crippen LogP contribution in [0.3, 0.4) is 0 Å². The van der Waals surface area contributed by atoms with Crippen LogP contribution in [0.4, 0.5) is 0 Å². The second kappa shape index (κ2) is 6.53. The summed E-state index contributed by atoms with van der Waals surface area (Å²) in [6.07, 6.45) is 3.54. The number of nitrogens with one attached hydrogen (secondary N) is 2. The highest BCUT2D eigenvalue weighted by Gasteiger charge is 2.24. The molecule has 2 N–H and O–H groups in total. The van der Waals surface area contributed by atoms with Gasteiger partial charge in [-0.3, -0.25) is 10.1 Å². The molecular formula is C15H24N2OS. The van der Waals surface area contributed by atoms with Gasteiger partial charge in [0, 0.05) is 17.5 Å². The second-order valence-electron chi connectivity index (χ2n) is 5.77. The van der Waals surface area contributed by atoms with Gasteiger partial charge in [-0.2, -0.15) is 0 Å². The molecule has 0 saturated carbocycles. The van der Waals surface area contributed by atoms with Crippen LogP contribution in [0.2, 0.25) is 0 Å². The number of fused-ring (bicyclic) bond motifs is 1. The first-order valence-corrected chi connectivity index (χ1v) is 8.06. The van der Waals surface area contributed by atoms with E-state index >= 15 is 0 Å². The summed E-state index contributed by atoms with van der Waals surface area (Å²) in [5.74, 6) is 0.602. The van der Waals surface area contributed by atoms with Gasteiger partial charge in [0.15, 0.2) is 0 Å². The highest BCUT2D eigenvalue weighted by atomic mass is 32.1. The molecule has 1 aliphatic rings. The van der Waals surface area contributed by atoms with Gasteiger partial charge in [0.1, 0.15) is 0 Å². The summed E-state index contributed by atoms with van der Waals surface area (Å²) in [6.45, 7) is 6.92. The van der Waals surface area contributed by atoms with Crippen molar-refractivity contribution in [2.24, 2.45) is 5.92 Å². The molecular weight excluding hydrogens is 256 g/mol. The Hall–Kier alpha value is -0.870. The van der Waals surface area contributed by atoms with Gasteiger partial charge in [-0.1, -0.05) is 13.8 Å². The second-order valence-corrected chi connectivity index (χ2v) is 6.77. The molecule has 0 spiro atoms. The molecule has 0 bridgehead atoms.